The number of primary amides is 1. The van der Waals surface area contributed by atoms with E-state index >= 15 is 0 Å². The lowest BCUT2D eigenvalue weighted by molar-refractivity contribution is -0.122. The Morgan fingerprint density at radius 2 is 2.29 bits per heavy atom. The van der Waals surface area contributed by atoms with Gasteiger partial charge in [0, 0.05) is 5.92 Å². The van der Waals surface area contributed by atoms with Gasteiger partial charge in [-0.1, -0.05) is 19.1 Å². The van der Waals surface area contributed by atoms with Crippen LogP contribution in [0, 0.1) is 11.8 Å². The van der Waals surface area contributed by atoms with E-state index in [0.29, 0.717) is 5.92 Å². The Kier molecular flexibility index (Phi) is 3.36. The summed E-state index contributed by atoms with van der Waals surface area (Å²) in [5.41, 5.74) is 7.97. The summed E-state index contributed by atoms with van der Waals surface area (Å²) in [5.74, 6) is 1.09. The molecule has 1 aromatic rings. The molecule has 1 aliphatic carbocycles. The van der Waals surface area contributed by atoms with Crippen LogP contribution in [0.5, 0.6) is 5.75 Å². The average molecular weight is 233 g/mol. The van der Waals surface area contributed by atoms with Gasteiger partial charge >= 0.3 is 0 Å². The van der Waals surface area contributed by atoms with Crippen molar-refractivity contribution < 1.29 is 9.53 Å². The SMILES string of the molecule is COc1cccc2c1CCC([C@H](C)C(N)=O)C2. The summed E-state index contributed by atoms with van der Waals surface area (Å²) in [4.78, 5) is 11.2. The Morgan fingerprint density at radius 1 is 1.53 bits per heavy atom. The minimum Gasteiger partial charge on any atom is -0.496 e. The molecule has 2 N–H and O–H groups in total. The van der Waals surface area contributed by atoms with Crippen molar-refractivity contribution in [3.05, 3.63) is 29.3 Å². The van der Waals surface area contributed by atoms with Crippen LogP contribution in [0.1, 0.15) is 24.5 Å². The first-order chi connectivity index (χ1) is 8.13. The van der Waals surface area contributed by atoms with E-state index < -0.39 is 0 Å². The van der Waals surface area contributed by atoms with Gasteiger partial charge in [-0.2, -0.15) is 0 Å². The van der Waals surface area contributed by atoms with Gasteiger partial charge < -0.3 is 10.5 Å². The zero-order valence-corrected chi connectivity index (χ0v) is 10.4. The monoisotopic (exact) mass is 233 g/mol. The molecule has 0 aliphatic heterocycles. The van der Waals surface area contributed by atoms with E-state index in [2.05, 4.69) is 6.07 Å². The number of nitrogens with two attached hydrogens (primary N) is 1. The van der Waals surface area contributed by atoms with Crippen molar-refractivity contribution in [1.29, 1.82) is 0 Å². The first kappa shape index (κ1) is 12.0. The smallest absolute Gasteiger partial charge is 0.220 e. The van der Waals surface area contributed by atoms with Crippen molar-refractivity contribution in [3.63, 3.8) is 0 Å². The number of hydrogen-bond acceptors (Lipinski definition) is 2. The van der Waals surface area contributed by atoms with E-state index in [1.807, 2.05) is 19.1 Å². The predicted octanol–water partition coefficient (Wildman–Crippen LogP) is 1.92. The number of amides is 1. The number of fused-ring (bicyclic) bond motifs is 1. The molecule has 1 unspecified atom stereocenters. The molecule has 3 nitrogen and oxygen atoms in total. The molecular formula is C14H19NO2. The number of hydrogen-bond donors (Lipinski definition) is 1. The van der Waals surface area contributed by atoms with E-state index in [1.54, 1.807) is 7.11 Å². The molecule has 1 amide bonds. The third-order valence-corrected chi connectivity index (χ3v) is 3.85. The zero-order valence-electron chi connectivity index (χ0n) is 10.4. The van der Waals surface area contributed by atoms with Gasteiger partial charge in [-0.25, -0.2) is 0 Å². The van der Waals surface area contributed by atoms with E-state index in [-0.39, 0.29) is 11.8 Å². The Morgan fingerprint density at radius 3 is 2.94 bits per heavy atom. The van der Waals surface area contributed by atoms with Gasteiger partial charge in [0.2, 0.25) is 5.91 Å². The minimum absolute atomic E-state index is 0.0469. The first-order valence-electron chi connectivity index (χ1n) is 6.07. The molecule has 0 bridgehead atoms. The molecule has 17 heavy (non-hydrogen) atoms. The summed E-state index contributed by atoms with van der Waals surface area (Å²) in [6.45, 7) is 1.93. The van der Waals surface area contributed by atoms with Crippen LogP contribution in [0.3, 0.4) is 0 Å². The topological polar surface area (TPSA) is 52.3 Å². The number of carbonyl (C=O) groups is 1. The van der Waals surface area contributed by atoms with Crippen molar-refractivity contribution in [3.8, 4) is 5.75 Å². The molecule has 1 aliphatic rings. The Hall–Kier alpha value is -1.51. The maximum Gasteiger partial charge on any atom is 0.220 e. The molecule has 3 heteroatoms. The summed E-state index contributed by atoms with van der Waals surface area (Å²) in [6, 6.07) is 6.13. The van der Waals surface area contributed by atoms with Crippen LogP contribution in [0.25, 0.3) is 0 Å². The predicted molar refractivity (Wildman–Crippen MR) is 66.9 cm³/mol. The second-order valence-electron chi connectivity index (χ2n) is 4.79. The van der Waals surface area contributed by atoms with Crippen molar-refractivity contribution in [1.82, 2.24) is 0 Å². The first-order valence-corrected chi connectivity index (χ1v) is 6.07. The molecule has 0 saturated carbocycles. The largest absolute Gasteiger partial charge is 0.496 e. The number of rotatable bonds is 3. The minimum atomic E-state index is -0.193. The lowest BCUT2D eigenvalue weighted by atomic mass is 9.77. The normalized spacial score (nSPS) is 20.5. The molecule has 0 saturated heterocycles. The maximum atomic E-state index is 11.2. The van der Waals surface area contributed by atoms with Crippen molar-refractivity contribution in [2.45, 2.75) is 26.2 Å². The highest BCUT2D eigenvalue weighted by Crippen LogP contribution is 2.34. The van der Waals surface area contributed by atoms with Crippen LogP contribution in [-0.2, 0) is 17.6 Å². The summed E-state index contributed by atoms with van der Waals surface area (Å²) < 4.78 is 5.36. The standard InChI is InChI=1S/C14H19NO2/c1-9(14(15)16)10-6-7-12-11(8-10)4-3-5-13(12)17-2/h3-5,9-10H,6-8H2,1-2H3,(H2,15,16)/t9-,10?/m0/s1. The lowest BCUT2D eigenvalue weighted by Gasteiger charge is -2.28. The Labute approximate surface area is 102 Å². The molecule has 0 radical (unpaired) electrons. The van der Waals surface area contributed by atoms with Crippen LogP contribution in [0.4, 0.5) is 0 Å². The van der Waals surface area contributed by atoms with Crippen LogP contribution in [0.2, 0.25) is 0 Å². The van der Waals surface area contributed by atoms with Gasteiger partial charge in [-0.3, -0.25) is 4.79 Å². The molecular weight excluding hydrogens is 214 g/mol. The number of ether oxygens (including phenoxy) is 1. The Balaban J connectivity index is 2.22. The van der Waals surface area contributed by atoms with Gasteiger partial charge in [-0.05, 0) is 42.4 Å². The highest BCUT2D eigenvalue weighted by Gasteiger charge is 2.27. The summed E-state index contributed by atoms with van der Waals surface area (Å²) in [6.07, 6.45) is 2.91. The summed E-state index contributed by atoms with van der Waals surface area (Å²) in [5, 5.41) is 0. The van der Waals surface area contributed by atoms with Crippen LogP contribution in [-0.4, -0.2) is 13.0 Å². The quantitative estimate of drug-likeness (QED) is 0.867. The van der Waals surface area contributed by atoms with Crippen molar-refractivity contribution >= 4 is 5.91 Å². The van der Waals surface area contributed by atoms with E-state index in [1.165, 1.54) is 11.1 Å². The van der Waals surface area contributed by atoms with Gasteiger partial charge in [-0.15, -0.1) is 0 Å². The summed E-state index contributed by atoms with van der Waals surface area (Å²) in [7, 11) is 1.70. The number of methoxy groups -OCH3 is 1. The highest BCUT2D eigenvalue weighted by molar-refractivity contribution is 5.76. The van der Waals surface area contributed by atoms with Gasteiger partial charge in [0.15, 0.2) is 0 Å². The fourth-order valence-corrected chi connectivity index (χ4v) is 2.65. The maximum absolute atomic E-state index is 11.2. The van der Waals surface area contributed by atoms with Crippen molar-refractivity contribution in [2.75, 3.05) is 7.11 Å². The molecule has 0 fully saturated rings. The van der Waals surface area contributed by atoms with Crippen molar-refractivity contribution in [2.24, 2.45) is 17.6 Å². The van der Waals surface area contributed by atoms with Gasteiger partial charge in [0.05, 0.1) is 7.11 Å². The second-order valence-corrected chi connectivity index (χ2v) is 4.79. The molecule has 0 heterocycles. The van der Waals surface area contributed by atoms with Crippen LogP contribution in [0.15, 0.2) is 18.2 Å². The molecule has 0 aromatic heterocycles. The summed E-state index contributed by atoms with van der Waals surface area (Å²) >= 11 is 0. The third-order valence-electron chi connectivity index (χ3n) is 3.85. The molecule has 2 rings (SSSR count). The van der Waals surface area contributed by atoms with Crippen LogP contribution < -0.4 is 10.5 Å². The molecule has 92 valence electrons. The zero-order chi connectivity index (χ0) is 12.4. The third kappa shape index (κ3) is 2.28. The molecule has 2 atom stereocenters. The fraction of sp³-hybridized carbons (Fsp3) is 0.500. The highest BCUT2D eigenvalue weighted by atomic mass is 16.5. The fourth-order valence-electron chi connectivity index (χ4n) is 2.65. The van der Waals surface area contributed by atoms with Crippen LogP contribution >= 0.6 is 0 Å². The van der Waals surface area contributed by atoms with E-state index in [4.69, 9.17) is 10.5 Å². The van der Waals surface area contributed by atoms with Gasteiger partial charge in [0.1, 0.15) is 5.75 Å². The Bertz CT molecular complexity index is 428. The number of carbonyl (C=O) groups excluding carboxylic acids is 1. The number of benzene rings is 1. The second kappa shape index (κ2) is 4.78. The molecule has 1 aromatic carbocycles. The van der Waals surface area contributed by atoms with E-state index in [9.17, 15) is 4.79 Å². The lowest BCUT2D eigenvalue weighted by Crippen LogP contribution is -2.31. The van der Waals surface area contributed by atoms with Gasteiger partial charge in [0.25, 0.3) is 0 Å². The molecule has 0 spiro atoms. The van der Waals surface area contributed by atoms with E-state index in [0.717, 1.165) is 25.0 Å². The average Bonchev–Trinajstić information content (AvgIpc) is 2.36.